The lowest BCUT2D eigenvalue weighted by Crippen LogP contribution is -2.50. The molecule has 18 nitrogen and oxygen atoms in total. The van der Waals surface area contributed by atoms with Crippen LogP contribution in [0, 0.1) is 35.1 Å². The minimum absolute atomic E-state index is 0.00412. The first kappa shape index (κ1) is 67.2. The minimum Gasteiger partial charge on any atom is -0.447 e. The second-order valence-corrected chi connectivity index (χ2v) is 27.4. The Labute approximate surface area is 563 Å². The summed E-state index contributed by atoms with van der Waals surface area (Å²) in [7, 11) is 6.11. The summed E-state index contributed by atoms with van der Waals surface area (Å²) in [6.07, 6.45) is 3.64. The number of aromatic nitrogens is 2. The normalized spacial score (nSPS) is 18.3. The van der Waals surface area contributed by atoms with E-state index in [1.807, 2.05) is 60.7 Å². The Morgan fingerprint density at radius 3 is 1.41 bits per heavy atom. The van der Waals surface area contributed by atoms with Gasteiger partial charge < -0.3 is 29.7 Å². The van der Waals surface area contributed by atoms with Crippen LogP contribution in [0.4, 0.5) is 31.9 Å². The van der Waals surface area contributed by atoms with Gasteiger partial charge in [-0.05, 0) is 140 Å². The van der Waals surface area contributed by atoms with Crippen molar-refractivity contribution in [2.75, 3.05) is 41.4 Å². The molecule has 4 aliphatic rings. The lowest BCUT2D eigenvalue weighted by atomic mass is 9.84. The number of nitrogens with zero attached hydrogens (tertiary/aromatic N) is 8. The maximum absolute atomic E-state index is 15.0. The molecule has 2 aromatic heterocycles. The lowest BCUT2D eigenvalue weighted by molar-refractivity contribution is -0.135. The molecule has 3 N–H and O–H groups in total. The van der Waals surface area contributed by atoms with Crippen molar-refractivity contribution in [3.63, 3.8) is 0 Å². The molecule has 8 aromatic rings. The predicted molar refractivity (Wildman–Crippen MR) is 355 cm³/mol. The summed E-state index contributed by atoms with van der Waals surface area (Å²) in [5, 5.41) is 4.68. The Morgan fingerprint density at radius 2 is 1.01 bits per heavy atom. The number of amides is 5. The average molecular weight is 1370 g/mol. The van der Waals surface area contributed by atoms with Crippen LogP contribution in [-0.4, -0.2) is 119 Å². The molecule has 2 aliphatic heterocycles. The van der Waals surface area contributed by atoms with Crippen molar-refractivity contribution < 1.29 is 55.7 Å². The Balaban J connectivity index is 0.000000195. The first-order chi connectivity index (χ1) is 45.2. The van der Waals surface area contributed by atoms with E-state index in [1.54, 1.807) is 69.6 Å². The number of nitrogens with one attached hydrogen (secondary N) is 1. The zero-order valence-electron chi connectivity index (χ0n) is 52.4. The molecule has 0 saturated heterocycles. The molecule has 492 valence electrons. The monoisotopic (exact) mass is 1370 g/mol. The maximum Gasteiger partial charge on any atom is 0.414 e. The lowest BCUT2D eigenvalue weighted by Gasteiger charge is -2.32. The third-order valence-corrected chi connectivity index (χ3v) is 18.9. The fourth-order valence-electron chi connectivity index (χ4n) is 11.4. The van der Waals surface area contributed by atoms with Gasteiger partial charge in [0.05, 0.1) is 31.9 Å². The molecule has 95 heavy (non-hydrogen) atoms. The van der Waals surface area contributed by atoms with E-state index in [0.29, 0.717) is 74.1 Å². The van der Waals surface area contributed by atoms with E-state index in [2.05, 4.69) is 20.3 Å². The number of thiazole rings is 2. The number of aliphatic imine (C=N–C) groups is 2. The molecule has 6 aromatic carbocycles. The topological polar surface area (TPSA) is 215 Å². The summed E-state index contributed by atoms with van der Waals surface area (Å²) in [5.41, 5.74) is 6.40. The van der Waals surface area contributed by atoms with E-state index in [-0.39, 0.29) is 42.2 Å². The van der Waals surface area contributed by atoms with Gasteiger partial charge in [-0.3, -0.25) is 24.7 Å². The molecule has 2 fully saturated rings. The molecule has 0 unspecified atom stereocenters. The van der Waals surface area contributed by atoms with Gasteiger partial charge in [0, 0.05) is 63.8 Å². The quantitative estimate of drug-likeness (QED) is 0.0685. The number of carbonyl (C=O) groups is 5. The largest absolute Gasteiger partial charge is 0.447 e. The molecule has 0 spiro atoms. The van der Waals surface area contributed by atoms with Gasteiger partial charge in [-0.15, -0.1) is 22.7 Å². The molecule has 2 saturated carbocycles. The summed E-state index contributed by atoms with van der Waals surface area (Å²) in [5.74, 6) is -5.72. The van der Waals surface area contributed by atoms with E-state index < -0.39 is 88.0 Å². The smallest absolute Gasteiger partial charge is 0.414 e. The zero-order chi connectivity index (χ0) is 67.8. The number of guanidine groups is 2. The standard InChI is InChI=1S/C37H36ClF2N5O5S.C32H28ClF2N5O3S/c1-36(2,3)50-34(47)42-33-43-37(23-12-13-23,24-16-25(39)18-26(40)17-24)32(46)45(33)29(20-49-35(48)44(4)5)22-11-14-28(38)27(15-22)31-41-19-30(51-31)21-9-7-6-8-10-21;1-39(2)31(42)43-17-26(19-8-11-25(33)24(12-19)28-37-16-27(44-28)18-6-4-3-5-7-18)40-29(41)32(20-9-10-20,38-30(40)36)21-13-22(34)15-23(35)14-21/h6-11,14-19,23,29H,12-13,20H2,1-5H3,(H,42,43,47);3-8,11-16,20,26H,9-10,17H2,1-2H3,(H2,36,38)/t29-,37-;26-,32-/m11/s1. The molecular formula is C69H64Cl2F4N10O8S2. The number of carbonyl (C=O) groups excluding carboxylic acids is 5. The van der Waals surface area contributed by atoms with Crippen LogP contribution in [0.3, 0.4) is 0 Å². The van der Waals surface area contributed by atoms with Crippen molar-refractivity contribution in [3.05, 3.63) is 201 Å². The van der Waals surface area contributed by atoms with E-state index in [9.17, 15) is 41.5 Å². The van der Waals surface area contributed by atoms with Gasteiger partial charge in [0.1, 0.15) is 52.1 Å². The van der Waals surface area contributed by atoms with Gasteiger partial charge in [0.2, 0.25) is 5.96 Å². The highest BCUT2D eigenvalue weighted by atomic mass is 35.5. The van der Waals surface area contributed by atoms with Gasteiger partial charge in [-0.1, -0.05) is 96.0 Å². The Kier molecular flexibility index (Phi) is 19.3. The number of benzene rings is 6. The minimum atomic E-state index is -1.79. The van der Waals surface area contributed by atoms with Crippen LogP contribution in [0.1, 0.15) is 80.8 Å². The van der Waals surface area contributed by atoms with Crippen LogP contribution >= 0.6 is 45.9 Å². The van der Waals surface area contributed by atoms with Crippen molar-refractivity contribution in [2.45, 2.75) is 75.2 Å². The van der Waals surface area contributed by atoms with Crippen molar-refractivity contribution in [1.29, 1.82) is 0 Å². The van der Waals surface area contributed by atoms with Gasteiger partial charge in [-0.2, -0.15) is 0 Å². The number of halogens is 6. The number of rotatable bonds is 16. The highest BCUT2D eigenvalue weighted by molar-refractivity contribution is 7.18. The van der Waals surface area contributed by atoms with Crippen molar-refractivity contribution in [2.24, 2.45) is 27.6 Å². The van der Waals surface area contributed by atoms with Crippen molar-refractivity contribution >= 4 is 87.9 Å². The number of hydrogen-bond acceptors (Lipinski definition) is 15. The van der Waals surface area contributed by atoms with Crippen LogP contribution in [0.15, 0.2) is 156 Å². The first-order valence-corrected chi connectivity index (χ1v) is 32.5. The molecule has 0 radical (unpaired) electrons. The first-order valence-electron chi connectivity index (χ1n) is 30.1. The SMILES string of the molecule is CN(C)C(=O)OC[C@H](c1ccc(Cl)c(-c2ncc(-c3ccccc3)s2)c1)N1C(=O)[C@](c2cc(F)cc(F)c2)(C2CC2)N=C1N.CN(C)C(=O)OC[C@H](c1ccc(Cl)c(-c2ncc(-c3ccccc3)s2)c1)N1C(=O)[C@](c2cc(F)cc(F)c2)(C2CC2)N=C1NC(=O)OC(C)(C)C. The molecule has 4 atom stereocenters. The van der Waals surface area contributed by atoms with Crippen LogP contribution in [-0.2, 0) is 34.9 Å². The summed E-state index contributed by atoms with van der Waals surface area (Å²) < 4.78 is 75.0. The number of hydrogen-bond donors (Lipinski definition) is 2. The second kappa shape index (κ2) is 27.2. The van der Waals surface area contributed by atoms with Gasteiger partial charge in [0.25, 0.3) is 11.8 Å². The van der Waals surface area contributed by atoms with Gasteiger partial charge in [-0.25, -0.2) is 51.9 Å². The Bertz CT molecular complexity index is 4300. The predicted octanol–water partition coefficient (Wildman–Crippen LogP) is 14.8. The summed E-state index contributed by atoms with van der Waals surface area (Å²) in [4.78, 5) is 93.3. The average Bonchev–Trinajstić information content (AvgIpc) is 1.57. The third kappa shape index (κ3) is 14.3. The molecular weight excluding hydrogens is 1310 g/mol. The Morgan fingerprint density at radius 1 is 0.611 bits per heavy atom. The van der Waals surface area contributed by atoms with Gasteiger partial charge >= 0.3 is 18.3 Å². The van der Waals surface area contributed by atoms with Crippen LogP contribution < -0.4 is 11.1 Å². The molecule has 0 bridgehead atoms. The fraction of sp³-hybridized carbons (Fsp3) is 0.290. The number of ether oxygens (including phenoxy) is 3. The second-order valence-electron chi connectivity index (χ2n) is 24.5. The van der Waals surface area contributed by atoms with E-state index in [4.69, 9.17) is 48.1 Å². The highest BCUT2D eigenvalue weighted by Gasteiger charge is 2.61. The Hall–Kier alpha value is -9.23. The van der Waals surface area contributed by atoms with E-state index in [1.165, 1.54) is 70.5 Å². The molecule has 26 heteroatoms. The van der Waals surface area contributed by atoms with Crippen LogP contribution in [0.25, 0.3) is 42.0 Å². The molecule has 12 rings (SSSR count). The molecule has 5 amide bonds. The molecule has 4 heterocycles. The van der Waals surface area contributed by atoms with Crippen LogP contribution in [0.2, 0.25) is 10.0 Å². The van der Waals surface area contributed by atoms with Crippen molar-refractivity contribution in [1.82, 2.24) is 34.9 Å². The van der Waals surface area contributed by atoms with Crippen LogP contribution in [0.5, 0.6) is 0 Å². The number of alkyl carbamates (subject to hydrolysis) is 1. The molecule has 2 aliphatic carbocycles. The van der Waals surface area contributed by atoms with Gasteiger partial charge in [0.15, 0.2) is 17.0 Å². The summed E-state index contributed by atoms with van der Waals surface area (Å²) >= 11 is 16.3. The van der Waals surface area contributed by atoms with E-state index in [0.717, 1.165) is 51.2 Å². The zero-order valence-corrected chi connectivity index (χ0v) is 55.6. The number of nitrogens with two attached hydrogens (primary N) is 1. The van der Waals surface area contributed by atoms with E-state index >= 15 is 0 Å². The fourth-order valence-corrected chi connectivity index (χ4v) is 13.8. The summed E-state index contributed by atoms with van der Waals surface area (Å²) in [6.45, 7) is 4.37. The van der Waals surface area contributed by atoms with Crippen molar-refractivity contribution in [3.8, 4) is 42.0 Å². The highest BCUT2D eigenvalue weighted by Crippen LogP contribution is 2.55. The summed E-state index contributed by atoms with van der Waals surface area (Å²) in [6, 6.07) is 33.6. The maximum atomic E-state index is 15.0. The third-order valence-electron chi connectivity index (χ3n) is 16.1.